The Labute approximate surface area is 209 Å². The molecule has 35 heavy (non-hydrogen) atoms. The normalized spacial score (nSPS) is 17.9. The Balaban J connectivity index is 1.58. The molecule has 3 aromatic rings. The second kappa shape index (κ2) is 10.2. The zero-order valence-electron chi connectivity index (χ0n) is 21.0. The molecular weight excluding hydrogens is 432 g/mol. The molecule has 0 radical (unpaired) electrons. The van der Waals surface area contributed by atoms with E-state index < -0.39 is 0 Å². The Morgan fingerprint density at radius 3 is 2.26 bits per heavy atom. The monoisotopic (exact) mass is 468 g/mol. The largest absolute Gasteiger partial charge is 0.348 e. The zero-order chi connectivity index (χ0) is 24.3. The van der Waals surface area contributed by atoms with Crippen molar-refractivity contribution in [3.05, 3.63) is 88.7 Å². The number of anilines is 1. The van der Waals surface area contributed by atoms with Crippen LogP contribution < -0.4 is 10.2 Å². The Bertz CT molecular complexity index is 1150. The molecule has 5 heteroatoms. The SMILES string of the molecule is Cc1nc(N2CCC(C)CC2)nc(C2(c3ccccc3)CCCC2)c1C(=O)NCc1ccccc1. The Kier molecular flexibility index (Phi) is 6.85. The highest BCUT2D eigenvalue weighted by atomic mass is 16.1. The Hall–Kier alpha value is -3.21. The van der Waals surface area contributed by atoms with Crippen molar-refractivity contribution < 1.29 is 4.79 Å². The number of carbonyl (C=O) groups excluding carboxylic acids is 1. The molecule has 2 aliphatic rings. The Morgan fingerprint density at radius 1 is 0.971 bits per heavy atom. The van der Waals surface area contributed by atoms with Crippen molar-refractivity contribution in [2.45, 2.75) is 64.3 Å². The van der Waals surface area contributed by atoms with Crippen LogP contribution >= 0.6 is 0 Å². The van der Waals surface area contributed by atoms with Crippen LogP contribution in [0.25, 0.3) is 0 Å². The fourth-order valence-corrected chi connectivity index (χ4v) is 5.79. The minimum Gasteiger partial charge on any atom is -0.348 e. The second-order valence-electron chi connectivity index (χ2n) is 10.3. The van der Waals surface area contributed by atoms with Gasteiger partial charge in [-0.3, -0.25) is 4.79 Å². The number of aromatic nitrogens is 2. The summed E-state index contributed by atoms with van der Waals surface area (Å²) < 4.78 is 0. The van der Waals surface area contributed by atoms with Crippen molar-refractivity contribution in [3.8, 4) is 0 Å². The van der Waals surface area contributed by atoms with E-state index >= 15 is 0 Å². The van der Waals surface area contributed by atoms with Gasteiger partial charge in [0.25, 0.3) is 5.91 Å². The van der Waals surface area contributed by atoms with Gasteiger partial charge in [0.05, 0.1) is 17.0 Å². The van der Waals surface area contributed by atoms with Gasteiger partial charge in [0.1, 0.15) is 0 Å². The van der Waals surface area contributed by atoms with Crippen LogP contribution in [-0.2, 0) is 12.0 Å². The van der Waals surface area contributed by atoms with E-state index in [1.54, 1.807) is 0 Å². The van der Waals surface area contributed by atoms with Crippen LogP contribution in [0, 0.1) is 12.8 Å². The van der Waals surface area contributed by atoms with Crippen LogP contribution in [0.1, 0.15) is 78.3 Å². The highest BCUT2D eigenvalue weighted by molar-refractivity contribution is 5.97. The third kappa shape index (κ3) is 4.82. The second-order valence-corrected chi connectivity index (χ2v) is 10.3. The summed E-state index contributed by atoms with van der Waals surface area (Å²) in [6.07, 6.45) is 6.59. The molecule has 2 fully saturated rings. The lowest BCUT2D eigenvalue weighted by atomic mass is 9.74. The minimum absolute atomic E-state index is 0.0811. The van der Waals surface area contributed by atoms with Gasteiger partial charge in [-0.15, -0.1) is 0 Å². The number of rotatable bonds is 6. The van der Waals surface area contributed by atoms with Gasteiger partial charge in [0.2, 0.25) is 5.95 Å². The lowest BCUT2D eigenvalue weighted by molar-refractivity contribution is 0.0947. The molecule has 1 saturated heterocycles. The van der Waals surface area contributed by atoms with Crippen LogP contribution in [0.5, 0.6) is 0 Å². The molecule has 0 spiro atoms. The van der Waals surface area contributed by atoms with Crippen molar-refractivity contribution in [2.75, 3.05) is 18.0 Å². The smallest absolute Gasteiger partial charge is 0.255 e. The topological polar surface area (TPSA) is 58.1 Å². The fourth-order valence-electron chi connectivity index (χ4n) is 5.79. The molecule has 1 aromatic heterocycles. The lowest BCUT2D eigenvalue weighted by Crippen LogP contribution is -2.37. The van der Waals surface area contributed by atoms with Gasteiger partial charge in [-0.1, -0.05) is 80.4 Å². The summed E-state index contributed by atoms with van der Waals surface area (Å²) in [7, 11) is 0. The zero-order valence-corrected chi connectivity index (χ0v) is 21.0. The summed E-state index contributed by atoms with van der Waals surface area (Å²) >= 11 is 0. The molecule has 1 aliphatic heterocycles. The maximum Gasteiger partial charge on any atom is 0.255 e. The predicted molar refractivity (Wildman–Crippen MR) is 141 cm³/mol. The van der Waals surface area contributed by atoms with Gasteiger partial charge in [-0.2, -0.15) is 0 Å². The summed E-state index contributed by atoms with van der Waals surface area (Å²) in [6.45, 7) is 6.73. The van der Waals surface area contributed by atoms with E-state index in [0.717, 1.165) is 80.4 Å². The molecule has 1 saturated carbocycles. The van der Waals surface area contributed by atoms with Crippen molar-refractivity contribution in [1.82, 2.24) is 15.3 Å². The van der Waals surface area contributed by atoms with Gasteiger partial charge >= 0.3 is 0 Å². The standard InChI is InChI=1S/C30H36N4O/c1-22-15-19-34(20-16-22)29-32-23(2)26(28(35)31-21-24-11-5-3-6-12-24)27(33-29)30(17-9-10-18-30)25-13-7-4-8-14-25/h3-8,11-14,22H,9-10,15-21H2,1-2H3,(H,31,35). The summed E-state index contributed by atoms with van der Waals surface area (Å²) in [6, 6.07) is 20.7. The number of piperidine rings is 1. The molecule has 5 nitrogen and oxygen atoms in total. The number of benzene rings is 2. The highest BCUT2D eigenvalue weighted by Crippen LogP contribution is 2.47. The Morgan fingerprint density at radius 2 is 1.60 bits per heavy atom. The van der Waals surface area contributed by atoms with Crippen LogP contribution in [0.2, 0.25) is 0 Å². The van der Waals surface area contributed by atoms with Crippen LogP contribution in [0.3, 0.4) is 0 Å². The summed E-state index contributed by atoms with van der Waals surface area (Å²) in [5.74, 6) is 1.44. The van der Waals surface area contributed by atoms with Crippen molar-refractivity contribution in [2.24, 2.45) is 5.92 Å². The van der Waals surface area contributed by atoms with E-state index in [4.69, 9.17) is 9.97 Å². The number of nitrogens with zero attached hydrogens (tertiary/aromatic N) is 3. The van der Waals surface area contributed by atoms with Gasteiger partial charge in [-0.05, 0) is 49.7 Å². The first kappa shape index (κ1) is 23.5. The number of nitrogens with one attached hydrogen (secondary N) is 1. The van der Waals surface area contributed by atoms with E-state index in [9.17, 15) is 4.79 Å². The number of carbonyl (C=O) groups is 1. The maximum atomic E-state index is 13.7. The predicted octanol–water partition coefficient (Wildman–Crippen LogP) is 5.81. The van der Waals surface area contributed by atoms with Gasteiger partial charge in [0.15, 0.2) is 0 Å². The average molecular weight is 469 g/mol. The minimum atomic E-state index is -0.258. The van der Waals surface area contributed by atoms with Gasteiger partial charge < -0.3 is 10.2 Å². The molecular formula is C30H36N4O. The average Bonchev–Trinajstić information content (AvgIpc) is 3.40. The van der Waals surface area contributed by atoms with Crippen molar-refractivity contribution >= 4 is 11.9 Å². The lowest BCUT2D eigenvalue weighted by Gasteiger charge is -2.34. The van der Waals surface area contributed by atoms with Crippen molar-refractivity contribution in [3.63, 3.8) is 0 Å². The van der Waals surface area contributed by atoms with Crippen molar-refractivity contribution in [1.29, 1.82) is 0 Å². The van der Waals surface area contributed by atoms with Crippen LogP contribution in [-0.4, -0.2) is 29.0 Å². The molecule has 2 aromatic carbocycles. The molecule has 0 bridgehead atoms. The van der Waals surface area contributed by atoms with E-state index in [1.807, 2.05) is 37.3 Å². The molecule has 1 amide bonds. The van der Waals surface area contributed by atoms with Gasteiger partial charge in [0, 0.05) is 25.0 Å². The first-order valence-electron chi connectivity index (χ1n) is 13.1. The van der Waals surface area contributed by atoms with Crippen LogP contribution in [0.4, 0.5) is 5.95 Å². The molecule has 1 N–H and O–H groups in total. The summed E-state index contributed by atoms with van der Waals surface area (Å²) in [5, 5.41) is 3.16. The molecule has 182 valence electrons. The van der Waals surface area contributed by atoms with E-state index in [0.29, 0.717) is 12.1 Å². The number of amides is 1. The first-order valence-corrected chi connectivity index (χ1v) is 13.1. The maximum absolute atomic E-state index is 13.7. The summed E-state index contributed by atoms with van der Waals surface area (Å²) in [4.78, 5) is 26.2. The van der Waals surface area contributed by atoms with Gasteiger partial charge in [-0.25, -0.2) is 9.97 Å². The molecule has 0 unspecified atom stereocenters. The van der Waals surface area contributed by atoms with Crippen LogP contribution in [0.15, 0.2) is 60.7 Å². The molecule has 0 atom stereocenters. The molecule has 1 aliphatic carbocycles. The highest BCUT2D eigenvalue weighted by Gasteiger charge is 2.42. The molecule has 2 heterocycles. The number of hydrogen-bond acceptors (Lipinski definition) is 4. The third-order valence-corrected chi connectivity index (χ3v) is 7.90. The summed E-state index contributed by atoms with van der Waals surface area (Å²) in [5.41, 5.74) is 4.42. The fraction of sp³-hybridized carbons (Fsp3) is 0.433. The molecule has 5 rings (SSSR count). The van der Waals surface area contributed by atoms with E-state index in [1.165, 1.54) is 5.56 Å². The quantitative estimate of drug-likeness (QED) is 0.496. The van der Waals surface area contributed by atoms with E-state index in [-0.39, 0.29) is 11.3 Å². The van der Waals surface area contributed by atoms with E-state index in [2.05, 4.69) is 47.5 Å². The number of hydrogen-bond donors (Lipinski definition) is 1. The first-order chi connectivity index (χ1) is 17.1. The third-order valence-electron chi connectivity index (χ3n) is 7.90. The number of aryl methyl sites for hydroxylation is 1.